The van der Waals surface area contributed by atoms with Gasteiger partial charge in [-0.05, 0) is 6.92 Å². The highest BCUT2D eigenvalue weighted by molar-refractivity contribution is 5.23. The van der Waals surface area contributed by atoms with Gasteiger partial charge in [-0.1, -0.05) is 0 Å². The molecule has 0 saturated carbocycles. The Balaban J connectivity index is 3.04. The Labute approximate surface area is 67.8 Å². The zero-order valence-electron chi connectivity index (χ0n) is 6.33. The Bertz CT molecular complexity index is 263. The van der Waals surface area contributed by atoms with Gasteiger partial charge in [0.25, 0.3) is 0 Å². The van der Waals surface area contributed by atoms with Crippen LogP contribution in [-0.4, -0.2) is 6.61 Å². The SMILES string of the molecule is CCOc1[c]c(F)c(F)c(F)c1. The number of ether oxygens (including phenoxy) is 1. The average Bonchev–Trinajstić information content (AvgIpc) is 2.01. The Morgan fingerprint density at radius 2 is 2.08 bits per heavy atom. The molecule has 0 heterocycles. The van der Waals surface area contributed by atoms with E-state index in [1.165, 1.54) is 0 Å². The minimum Gasteiger partial charge on any atom is -0.493 e. The Hall–Kier alpha value is -1.19. The van der Waals surface area contributed by atoms with Crippen LogP contribution in [0.5, 0.6) is 5.75 Å². The first-order valence-corrected chi connectivity index (χ1v) is 3.34. The van der Waals surface area contributed by atoms with Crippen LogP contribution in [-0.2, 0) is 0 Å². The van der Waals surface area contributed by atoms with Gasteiger partial charge in [0.1, 0.15) is 5.75 Å². The van der Waals surface area contributed by atoms with Gasteiger partial charge in [-0.2, -0.15) is 0 Å². The summed E-state index contributed by atoms with van der Waals surface area (Å²) >= 11 is 0. The Morgan fingerprint density at radius 1 is 1.42 bits per heavy atom. The van der Waals surface area contributed by atoms with Gasteiger partial charge in [0, 0.05) is 6.07 Å². The van der Waals surface area contributed by atoms with Crippen molar-refractivity contribution >= 4 is 0 Å². The smallest absolute Gasteiger partial charge is 0.195 e. The first-order valence-electron chi connectivity index (χ1n) is 3.34. The minimum atomic E-state index is -1.53. The highest BCUT2D eigenvalue weighted by Gasteiger charge is 2.11. The van der Waals surface area contributed by atoms with Crippen molar-refractivity contribution in [3.63, 3.8) is 0 Å². The molecule has 0 aliphatic heterocycles. The molecule has 1 nitrogen and oxygen atoms in total. The van der Waals surface area contributed by atoms with Crippen molar-refractivity contribution in [1.82, 2.24) is 0 Å². The zero-order valence-corrected chi connectivity index (χ0v) is 6.33. The summed E-state index contributed by atoms with van der Waals surface area (Å²) in [6.07, 6.45) is 0. The molecule has 0 unspecified atom stereocenters. The summed E-state index contributed by atoms with van der Waals surface area (Å²) in [4.78, 5) is 0. The second kappa shape index (κ2) is 3.47. The fourth-order valence-corrected chi connectivity index (χ4v) is 0.716. The highest BCUT2D eigenvalue weighted by atomic mass is 19.2. The van der Waals surface area contributed by atoms with Gasteiger partial charge in [-0.3, -0.25) is 0 Å². The summed E-state index contributed by atoms with van der Waals surface area (Å²) in [7, 11) is 0. The van der Waals surface area contributed by atoms with E-state index in [4.69, 9.17) is 4.74 Å². The van der Waals surface area contributed by atoms with Gasteiger partial charge >= 0.3 is 0 Å². The van der Waals surface area contributed by atoms with Crippen LogP contribution < -0.4 is 4.74 Å². The van der Waals surface area contributed by atoms with Crippen LogP contribution in [0.1, 0.15) is 6.92 Å². The molecule has 0 aromatic heterocycles. The average molecular weight is 175 g/mol. The molecule has 1 aromatic carbocycles. The largest absolute Gasteiger partial charge is 0.493 e. The van der Waals surface area contributed by atoms with E-state index in [2.05, 4.69) is 0 Å². The van der Waals surface area contributed by atoms with Crippen LogP contribution in [0.3, 0.4) is 0 Å². The normalized spacial score (nSPS) is 10.0. The summed E-state index contributed by atoms with van der Waals surface area (Å²) in [5.41, 5.74) is 0. The van der Waals surface area contributed by atoms with E-state index in [1.807, 2.05) is 6.07 Å². The molecule has 0 fully saturated rings. The second-order valence-electron chi connectivity index (χ2n) is 2.04. The minimum absolute atomic E-state index is 0.131. The standard InChI is InChI=1S/C8H6F3O/c1-2-12-5-3-6(9)8(11)7(10)4-5/h3H,2H2,1H3. The number of halogens is 3. The first-order chi connectivity index (χ1) is 5.65. The summed E-state index contributed by atoms with van der Waals surface area (Å²) in [5.74, 6) is -4.29. The number of hydrogen-bond acceptors (Lipinski definition) is 1. The number of hydrogen-bond donors (Lipinski definition) is 0. The van der Waals surface area contributed by atoms with Gasteiger partial charge in [0.15, 0.2) is 17.5 Å². The molecule has 0 aliphatic carbocycles. The van der Waals surface area contributed by atoms with E-state index in [-0.39, 0.29) is 12.4 Å². The van der Waals surface area contributed by atoms with Crippen molar-refractivity contribution in [2.24, 2.45) is 0 Å². The van der Waals surface area contributed by atoms with Gasteiger partial charge in [-0.15, -0.1) is 0 Å². The molecule has 0 spiro atoms. The van der Waals surface area contributed by atoms with E-state index < -0.39 is 17.5 Å². The lowest BCUT2D eigenvalue weighted by Crippen LogP contribution is -1.96. The van der Waals surface area contributed by atoms with E-state index in [1.54, 1.807) is 6.92 Å². The molecular weight excluding hydrogens is 169 g/mol. The molecule has 0 N–H and O–H groups in total. The van der Waals surface area contributed by atoms with Crippen molar-refractivity contribution in [3.8, 4) is 5.75 Å². The Kier molecular flexibility index (Phi) is 2.58. The quantitative estimate of drug-likeness (QED) is 0.626. The van der Waals surface area contributed by atoms with E-state index >= 15 is 0 Å². The van der Waals surface area contributed by atoms with Crippen LogP contribution in [0.4, 0.5) is 13.2 Å². The molecule has 0 saturated heterocycles. The summed E-state index contributed by atoms with van der Waals surface area (Å²) in [5, 5.41) is 0. The van der Waals surface area contributed by atoms with Crippen LogP contribution in [0.25, 0.3) is 0 Å². The molecule has 1 radical (unpaired) electrons. The summed E-state index contributed by atoms with van der Waals surface area (Å²) in [6.45, 7) is 1.90. The van der Waals surface area contributed by atoms with Gasteiger partial charge in [0.2, 0.25) is 0 Å². The lowest BCUT2D eigenvalue weighted by Gasteiger charge is -2.02. The maximum absolute atomic E-state index is 12.4. The molecule has 4 heteroatoms. The van der Waals surface area contributed by atoms with Gasteiger partial charge in [0.05, 0.1) is 12.7 Å². The first kappa shape index (κ1) is 8.90. The molecule has 0 amide bonds. The number of benzene rings is 1. The predicted molar refractivity (Wildman–Crippen MR) is 36.3 cm³/mol. The number of rotatable bonds is 2. The summed E-state index contributed by atoms with van der Waals surface area (Å²) < 4.78 is 41.9. The molecule has 0 bridgehead atoms. The van der Waals surface area contributed by atoms with Crippen molar-refractivity contribution in [2.75, 3.05) is 6.61 Å². The topological polar surface area (TPSA) is 9.23 Å². The second-order valence-corrected chi connectivity index (χ2v) is 2.04. The van der Waals surface area contributed by atoms with E-state index in [9.17, 15) is 13.2 Å². The van der Waals surface area contributed by atoms with Crippen molar-refractivity contribution in [1.29, 1.82) is 0 Å². The van der Waals surface area contributed by atoms with Crippen LogP contribution >= 0.6 is 0 Å². The third-order valence-corrected chi connectivity index (χ3v) is 1.19. The van der Waals surface area contributed by atoms with Crippen LogP contribution in [0.15, 0.2) is 6.07 Å². The van der Waals surface area contributed by atoms with E-state index in [0.717, 1.165) is 6.07 Å². The Morgan fingerprint density at radius 3 is 2.58 bits per heavy atom. The molecule has 1 rings (SSSR count). The third-order valence-electron chi connectivity index (χ3n) is 1.19. The lowest BCUT2D eigenvalue weighted by atomic mass is 10.3. The predicted octanol–water partition coefficient (Wildman–Crippen LogP) is 2.30. The van der Waals surface area contributed by atoms with Crippen molar-refractivity contribution in [2.45, 2.75) is 6.92 Å². The fraction of sp³-hybridized carbons (Fsp3) is 0.250. The maximum atomic E-state index is 12.4. The molecule has 0 atom stereocenters. The lowest BCUT2D eigenvalue weighted by molar-refractivity contribution is 0.330. The monoisotopic (exact) mass is 175 g/mol. The molecule has 0 aliphatic rings. The van der Waals surface area contributed by atoms with Gasteiger partial charge < -0.3 is 4.74 Å². The van der Waals surface area contributed by atoms with Crippen LogP contribution in [0, 0.1) is 23.5 Å². The van der Waals surface area contributed by atoms with Crippen LogP contribution in [0.2, 0.25) is 0 Å². The van der Waals surface area contributed by atoms with E-state index in [0.29, 0.717) is 0 Å². The third kappa shape index (κ3) is 1.69. The molecule has 12 heavy (non-hydrogen) atoms. The molecule has 1 aromatic rings. The highest BCUT2D eigenvalue weighted by Crippen LogP contribution is 2.18. The fourth-order valence-electron chi connectivity index (χ4n) is 0.716. The maximum Gasteiger partial charge on any atom is 0.195 e. The van der Waals surface area contributed by atoms with Crippen molar-refractivity contribution in [3.05, 3.63) is 29.6 Å². The molecular formula is C8H6F3O. The van der Waals surface area contributed by atoms with Gasteiger partial charge in [-0.25, -0.2) is 13.2 Å². The zero-order chi connectivity index (χ0) is 9.14. The summed E-state index contributed by atoms with van der Waals surface area (Å²) in [6, 6.07) is 2.67. The molecule has 65 valence electrons. The van der Waals surface area contributed by atoms with Crippen molar-refractivity contribution < 1.29 is 17.9 Å².